The molecule has 0 radical (unpaired) electrons. The second-order valence-corrected chi connectivity index (χ2v) is 14.5. The van der Waals surface area contributed by atoms with Crippen molar-refractivity contribution in [1.29, 1.82) is 0 Å². The van der Waals surface area contributed by atoms with E-state index in [1.54, 1.807) is 24.0 Å². The first-order chi connectivity index (χ1) is 19.1. The van der Waals surface area contributed by atoms with Gasteiger partial charge in [-0.2, -0.15) is 0 Å². The number of rotatable bonds is 8. The number of hydrogen-bond donors (Lipinski definition) is 2. The summed E-state index contributed by atoms with van der Waals surface area (Å²) in [4.78, 5) is 52.4. The van der Waals surface area contributed by atoms with Crippen LogP contribution in [-0.4, -0.2) is 89.0 Å². The molecular formula is C26H31N3O8S3. The molecule has 0 bridgehead atoms. The van der Waals surface area contributed by atoms with Gasteiger partial charge < -0.3 is 24.7 Å². The van der Waals surface area contributed by atoms with Crippen molar-refractivity contribution in [2.75, 3.05) is 18.1 Å². The van der Waals surface area contributed by atoms with E-state index < -0.39 is 29.0 Å². The number of fused-ring (bicyclic) bond motifs is 1. The summed E-state index contributed by atoms with van der Waals surface area (Å²) in [7, 11) is 0. The highest BCUT2D eigenvalue weighted by Gasteiger charge is 2.60. The number of nitrogens with zero attached hydrogens (tertiary/aromatic N) is 3. The number of carboxylic acids is 1. The summed E-state index contributed by atoms with van der Waals surface area (Å²) >= 11 is 5.06. The van der Waals surface area contributed by atoms with E-state index in [1.807, 2.05) is 30.4 Å². The van der Waals surface area contributed by atoms with Gasteiger partial charge in [0.25, 0.3) is 5.69 Å². The predicted octanol–water partition coefficient (Wildman–Crippen LogP) is 3.76. The van der Waals surface area contributed by atoms with E-state index in [0.29, 0.717) is 23.4 Å². The maximum atomic E-state index is 13.3. The largest absolute Gasteiger partial charge is 0.477 e. The molecule has 0 spiro atoms. The molecule has 4 aliphatic heterocycles. The maximum Gasteiger partial charge on any atom is 0.410 e. The van der Waals surface area contributed by atoms with Gasteiger partial charge in [0.1, 0.15) is 12.3 Å². The van der Waals surface area contributed by atoms with Crippen LogP contribution in [0.4, 0.5) is 10.5 Å². The van der Waals surface area contributed by atoms with Crippen LogP contribution in [0.2, 0.25) is 0 Å². The Bertz CT molecular complexity index is 1220. The summed E-state index contributed by atoms with van der Waals surface area (Å²) in [5.74, 6) is -0.393. The molecule has 6 atom stereocenters. The molecule has 5 rings (SSSR count). The second-order valence-electron chi connectivity index (χ2n) is 10.4. The van der Waals surface area contributed by atoms with Crippen LogP contribution in [0, 0.1) is 22.0 Å². The standard InChI is InChI=1S/C26H31N3O8S3/c1-13-20-19(14(2)30)23(31)28(20)21(24(32)33)22(13)40-17-10-18(25-38-8-3-9-39-25)27(11-17)26(34)37-12-15-4-6-16(7-5-15)29(35)36/h4-7,13-14,17-20,25,30H,3,8-12H2,1-2H3,(H,32,33)/t13-,14-,17+,18+,19-,20-/m1/s1. The molecule has 4 heterocycles. The summed E-state index contributed by atoms with van der Waals surface area (Å²) in [5, 5.41) is 31.0. The van der Waals surface area contributed by atoms with E-state index in [4.69, 9.17) is 4.74 Å². The summed E-state index contributed by atoms with van der Waals surface area (Å²) in [5.41, 5.74) is 0.588. The molecule has 3 saturated heterocycles. The molecule has 0 unspecified atom stereocenters. The number of carbonyl (C=O) groups is 3. The number of aliphatic carboxylic acids is 1. The zero-order valence-corrected chi connectivity index (χ0v) is 24.5. The number of nitro benzene ring substituents is 1. The Kier molecular flexibility index (Phi) is 8.60. The summed E-state index contributed by atoms with van der Waals surface area (Å²) < 4.78 is 5.80. The Balaban J connectivity index is 1.32. The normalized spacial score (nSPS) is 29.3. The molecular weight excluding hydrogens is 579 g/mol. The zero-order chi connectivity index (χ0) is 28.7. The number of thioether (sulfide) groups is 3. The third-order valence-corrected chi connectivity index (χ3v) is 12.5. The lowest BCUT2D eigenvalue weighted by atomic mass is 9.79. The van der Waals surface area contributed by atoms with Crippen molar-refractivity contribution >= 4 is 58.9 Å². The van der Waals surface area contributed by atoms with E-state index >= 15 is 0 Å². The molecule has 1 aromatic carbocycles. The van der Waals surface area contributed by atoms with Crippen LogP contribution in [0.15, 0.2) is 34.9 Å². The van der Waals surface area contributed by atoms with Crippen molar-refractivity contribution in [3.63, 3.8) is 0 Å². The molecule has 0 saturated carbocycles. The molecule has 1 aromatic rings. The molecule has 40 heavy (non-hydrogen) atoms. The van der Waals surface area contributed by atoms with Gasteiger partial charge in [-0.15, -0.1) is 35.3 Å². The lowest BCUT2D eigenvalue weighted by molar-refractivity contribution is -0.384. The molecule has 14 heteroatoms. The summed E-state index contributed by atoms with van der Waals surface area (Å²) in [6.45, 7) is 3.80. The second kappa shape index (κ2) is 11.8. The number of aliphatic hydroxyl groups is 1. The van der Waals surface area contributed by atoms with Gasteiger partial charge in [-0.05, 0) is 49.0 Å². The number of carbonyl (C=O) groups excluding carboxylic acids is 2. The topological polar surface area (TPSA) is 151 Å². The van der Waals surface area contributed by atoms with Gasteiger partial charge in [-0.1, -0.05) is 6.92 Å². The van der Waals surface area contributed by atoms with E-state index in [-0.39, 0.29) is 51.7 Å². The number of hydrogen-bond acceptors (Lipinski definition) is 10. The van der Waals surface area contributed by atoms with E-state index in [0.717, 1.165) is 17.9 Å². The maximum absolute atomic E-state index is 13.3. The summed E-state index contributed by atoms with van der Waals surface area (Å²) in [6.07, 6.45) is 0.415. The van der Waals surface area contributed by atoms with Crippen LogP contribution in [0.5, 0.6) is 0 Å². The van der Waals surface area contributed by atoms with Gasteiger partial charge in [0.2, 0.25) is 5.91 Å². The fourth-order valence-corrected chi connectivity index (χ4v) is 10.6. The molecule has 0 aromatic heterocycles. The monoisotopic (exact) mass is 609 g/mol. The lowest BCUT2D eigenvalue weighted by Crippen LogP contribution is -2.63. The molecule has 216 valence electrons. The van der Waals surface area contributed by atoms with Crippen LogP contribution in [0.1, 0.15) is 32.3 Å². The minimum absolute atomic E-state index is 0.0124. The number of carboxylic acid groups (broad SMARTS) is 1. The molecule has 4 aliphatic rings. The van der Waals surface area contributed by atoms with Crippen LogP contribution in [-0.2, 0) is 20.9 Å². The number of benzene rings is 1. The highest BCUT2D eigenvalue weighted by molar-refractivity contribution is 8.17. The average Bonchev–Trinajstić information content (AvgIpc) is 3.45. The van der Waals surface area contributed by atoms with E-state index in [2.05, 4.69) is 0 Å². The number of β-lactam (4-membered cyclic amide) rings is 1. The van der Waals surface area contributed by atoms with Gasteiger partial charge in [-0.3, -0.25) is 14.9 Å². The van der Waals surface area contributed by atoms with Crippen LogP contribution in [0.25, 0.3) is 0 Å². The highest BCUT2D eigenvalue weighted by atomic mass is 32.2. The van der Waals surface area contributed by atoms with Crippen LogP contribution >= 0.6 is 35.3 Å². The Hall–Kier alpha value is -2.42. The minimum Gasteiger partial charge on any atom is -0.477 e. The van der Waals surface area contributed by atoms with Gasteiger partial charge >= 0.3 is 12.1 Å². The average molecular weight is 610 g/mol. The molecule has 0 aliphatic carbocycles. The third kappa shape index (κ3) is 5.42. The molecule has 11 nitrogen and oxygen atoms in total. The Morgan fingerprint density at radius 2 is 1.93 bits per heavy atom. The number of ether oxygens (including phenoxy) is 1. The van der Waals surface area contributed by atoms with Crippen molar-refractivity contribution in [1.82, 2.24) is 9.80 Å². The van der Waals surface area contributed by atoms with Crippen LogP contribution in [0.3, 0.4) is 0 Å². The minimum atomic E-state index is -1.17. The van der Waals surface area contributed by atoms with Crippen molar-refractivity contribution < 1.29 is 34.3 Å². The zero-order valence-electron chi connectivity index (χ0n) is 22.0. The number of nitro groups is 1. The highest BCUT2D eigenvalue weighted by Crippen LogP contribution is 2.53. The molecule has 2 amide bonds. The third-order valence-electron chi connectivity index (χ3n) is 7.82. The van der Waals surface area contributed by atoms with E-state index in [9.17, 15) is 34.7 Å². The van der Waals surface area contributed by atoms with E-state index in [1.165, 1.54) is 28.8 Å². The van der Waals surface area contributed by atoms with Crippen molar-refractivity contribution in [2.45, 2.75) is 61.3 Å². The van der Waals surface area contributed by atoms with Crippen molar-refractivity contribution in [3.05, 3.63) is 50.5 Å². The number of amides is 2. The predicted molar refractivity (Wildman–Crippen MR) is 153 cm³/mol. The van der Waals surface area contributed by atoms with Crippen molar-refractivity contribution in [2.24, 2.45) is 11.8 Å². The quantitative estimate of drug-likeness (QED) is 0.252. The van der Waals surface area contributed by atoms with Gasteiger partial charge in [0, 0.05) is 34.8 Å². The van der Waals surface area contributed by atoms with Gasteiger partial charge in [0.05, 0.1) is 33.6 Å². The smallest absolute Gasteiger partial charge is 0.410 e. The van der Waals surface area contributed by atoms with Gasteiger partial charge in [0.15, 0.2) is 0 Å². The Morgan fingerprint density at radius 1 is 1.25 bits per heavy atom. The first-order valence-electron chi connectivity index (χ1n) is 13.1. The fraction of sp³-hybridized carbons (Fsp3) is 0.577. The first kappa shape index (κ1) is 29.1. The summed E-state index contributed by atoms with van der Waals surface area (Å²) in [6, 6.07) is 5.38. The van der Waals surface area contributed by atoms with Crippen LogP contribution < -0.4 is 0 Å². The first-order valence-corrected chi connectivity index (χ1v) is 16.1. The SMILES string of the molecule is C[C@@H](O)[C@H]1C(=O)N2C(C(=O)O)=C(S[C@H]3C[C@@H](C4SCCCS4)N(C(=O)OCc4ccc([N+](=O)[O-])cc4)C3)[C@H](C)[C@H]12. The number of aliphatic hydroxyl groups excluding tert-OH is 1. The number of non-ortho nitro benzene ring substituents is 1. The Labute approximate surface area is 244 Å². The van der Waals surface area contributed by atoms with Gasteiger partial charge in [-0.25, -0.2) is 9.59 Å². The molecule has 3 fully saturated rings. The fourth-order valence-electron chi connectivity index (χ4n) is 5.91. The Morgan fingerprint density at radius 3 is 2.52 bits per heavy atom. The van der Waals surface area contributed by atoms with Crippen molar-refractivity contribution in [3.8, 4) is 0 Å². The number of likely N-dealkylation sites (tertiary alicyclic amines) is 1. The lowest BCUT2D eigenvalue weighted by Gasteiger charge is -2.46. The molecule has 2 N–H and O–H groups in total.